The molecule has 98 heavy (non-hydrogen) atoms. The van der Waals surface area contributed by atoms with E-state index in [1.54, 1.807) is 25.1 Å². The van der Waals surface area contributed by atoms with Crippen LogP contribution in [-0.4, -0.2) is 319 Å². The summed E-state index contributed by atoms with van der Waals surface area (Å²) in [6.07, 6.45) is -17.9. The van der Waals surface area contributed by atoms with Crippen molar-refractivity contribution in [2.75, 3.05) is 38.1 Å². The van der Waals surface area contributed by atoms with E-state index in [9.17, 15) is 99.6 Å². The van der Waals surface area contributed by atoms with E-state index in [1.807, 2.05) is 6.26 Å². The van der Waals surface area contributed by atoms with Gasteiger partial charge in [-0.25, -0.2) is 28.4 Å². The number of carbonyl (C=O) groups excluding carboxylic acids is 8. The zero-order valence-corrected chi connectivity index (χ0v) is 54.4. The minimum atomic E-state index is -1.90. The van der Waals surface area contributed by atoms with Gasteiger partial charge in [-0.2, -0.15) is 42.7 Å². The molecule has 3 saturated heterocycles. The first-order valence-electron chi connectivity index (χ1n) is 29.1. The van der Waals surface area contributed by atoms with Gasteiger partial charge >= 0.3 is 36.2 Å². The van der Waals surface area contributed by atoms with E-state index in [-0.39, 0.29) is 80.6 Å². The summed E-state index contributed by atoms with van der Waals surface area (Å²) in [5, 5.41) is 158. The summed E-state index contributed by atoms with van der Waals surface area (Å²) >= 11 is 2.89. The third-order valence-electron chi connectivity index (χ3n) is 14.6. The summed E-state index contributed by atoms with van der Waals surface area (Å²) in [6.45, 7) is 0.335. The third kappa shape index (κ3) is 25.7. The molecule has 0 aliphatic carbocycles. The number of Topliss-reactive ketones (excluding diaryl/α,β-unsaturated/α-hetero) is 3. The Morgan fingerprint density at radius 3 is 1.16 bits per heavy atom. The molecule has 0 radical (unpaired) electrons. The normalized spacial score (nSPS) is 26.6. The first-order chi connectivity index (χ1) is 46.4. The van der Waals surface area contributed by atoms with Crippen molar-refractivity contribution in [3.63, 3.8) is 0 Å². The monoisotopic (exact) mass is 1440 g/mol. The lowest BCUT2D eigenvalue weighted by Crippen LogP contribution is -2.60. The van der Waals surface area contributed by atoms with Crippen LogP contribution in [0.4, 0.5) is 0 Å². The SMILES string of the molecule is CN[C@@H](Cc1cn(COC2OC(C(=O)O)C(O)[C@H](O)[C@@H]2O)nn1)C(=O)C[C@@H](C)C(=O)N[C@@H](Cc1cn(COC2OC(C(=O)O)C(O)[C@H](O)[C@@H]2O)nn1)C(=O)CCCSC.CN[C@@H](Cc1cn(COC2OC(C(=O)O)C(O)[C@H](O)[C@@H]2O)nn1)C(=O)C[C@H](CSC)C(=O)O.O=C=O.O=C=O. The summed E-state index contributed by atoms with van der Waals surface area (Å²) in [5.74, 6) is -7.90. The fourth-order valence-corrected chi connectivity index (χ4v) is 10.4. The maximum absolute atomic E-state index is 13.4. The number of nitrogens with one attached hydrogen (secondary N) is 3. The average Bonchev–Trinajstić information content (AvgIpc) is 1.04. The Kier molecular flexibility index (Phi) is 36.8. The molecule has 548 valence electrons. The number of thioether (sulfide) groups is 2. The standard InChI is InChI=1S/C33H50N8O17S.C18H28N4O10S.2CO2/c1-14(7-20(43)17(34-2)8-15-10-40(38-36-15)12-55-32-25(48)21(44)23(46)27(57-32)30(51)52)29(50)35-18(19(42)5-4-6-59-3)9-16-11-41(39-37-16)13-56-33-26(49)22(45)24(47)28(58-33)31(53)54;1-19-10(11(23)3-8(6-33-2)16(27)28)4-9-5-22(21-20-9)7-31-18-14(26)12(24)13(25)15(32-18)17(29)30;2*2-1-3/h10-11,14,17-18,21-28,32-34,44-49H,4-9,12-13H2,1-3H3,(H,35,50)(H,51,52)(H,53,54);5,8,10,12-15,18-19,24-26H,3-4,6-7H2,1-2H3,(H,27,28)(H,29,30);;/t14-,17+,18+,21+,22+,23?,24?,25+,26+,27?,28?,32?,33?;8-,10+,12+,13?,14+,15?,18?;;/m11../s1. The van der Waals surface area contributed by atoms with Gasteiger partial charge in [0.05, 0.1) is 59.7 Å². The smallest absolute Gasteiger partial charge is 0.373 e. The van der Waals surface area contributed by atoms with Crippen LogP contribution in [0.5, 0.6) is 0 Å². The maximum atomic E-state index is 13.4. The quantitative estimate of drug-likeness (QED) is 0.0240. The average molecular weight is 1440 g/mol. The molecule has 0 saturated carbocycles. The zero-order valence-electron chi connectivity index (χ0n) is 52.8. The number of aliphatic carboxylic acids is 4. The molecule has 3 aliphatic heterocycles. The van der Waals surface area contributed by atoms with Gasteiger partial charge in [-0.1, -0.05) is 22.6 Å². The topological polar surface area (TPSA) is 651 Å². The lowest BCUT2D eigenvalue weighted by Gasteiger charge is -2.38. The van der Waals surface area contributed by atoms with Crippen LogP contribution in [0.3, 0.4) is 0 Å². The molecule has 3 fully saturated rings. The van der Waals surface area contributed by atoms with Gasteiger partial charge in [-0.3, -0.25) is 24.0 Å². The highest BCUT2D eigenvalue weighted by Crippen LogP contribution is 2.26. The van der Waals surface area contributed by atoms with E-state index < -0.39 is 165 Å². The minimum absolute atomic E-state index is 0.0304. The Morgan fingerprint density at radius 1 is 0.520 bits per heavy atom. The second-order valence-electron chi connectivity index (χ2n) is 21.7. The number of carbonyl (C=O) groups is 8. The molecular formula is C53H78N12O31S2. The minimum Gasteiger partial charge on any atom is -0.481 e. The zero-order chi connectivity index (χ0) is 73.7. The maximum Gasteiger partial charge on any atom is 0.373 e. The number of carboxylic acid groups (broad SMARTS) is 4. The van der Waals surface area contributed by atoms with Gasteiger partial charge < -0.3 is 111 Å². The van der Waals surface area contributed by atoms with Crippen LogP contribution in [0, 0.1) is 11.8 Å². The highest BCUT2D eigenvalue weighted by Gasteiger charge is 2.50. The molecule has 0 spiro atoms. The van der Waals surface area contributed by atoms with E-state index in [4.69, 9.17) is 52.7 Å². The molecule has 3 aliphatic rings. The molecule has 20 atom stereocenters. The second kappa shape index (κ2) is 42.5. The molecule has 6 heterocycles. The fourth-order valence-electron chi connectivity index (χ4n) is 9.35. The van der Waals surface area contributed by atoms with Gasteiger partial charge in [0.2, 0.25) is 5.91 Å². The van der Waals surface area contributed by atoms with Gasteiger partial charge in [0.25, 0.3) is 0 Å². The summed E-state index contributed by atoms with van der Waals surface area (Å²) < 4.78 is 34.7. The van der Waals surface area contributed by atoms with Crippen molar-refractivity contribution in [1.29, 1.82) is 0 Å². The van der Waals surface area contributed by atoms with E-state index in [2.05, 4.69) is 46.9 Å². The number of ketones is 3. The van der Waals surface area contributed by atoms with Gasteiger partial charge in [0.1, 0.15) is 75.1 Å². The number of ether oxygens (including phenoxy) is 6. The van der Waals surface area contributed by atoms with Crippen molar-refractivity contribution < 1.29 is 152 Å². The van der Waals surface area contributed by atoms with Crippen LogP contribution < -0.4 is 16.0 Å². The number of carboxylic acids is 4. The van der Waals surface area contributed by atoms with Crippen molar-refractivity contribution in [2.45, 2.75) is 182 Å². The highest BCUT2D eigenvalue weighted by molar-refractivity contribution is 7.98. The molecule has 43 nitrogen and oxygen atoms in total. The van der Waals surface area contributed by atoms with Crippen LogP contribution >= 0.6 is 23.5 Å². The lowest BCUT2D eigenvalue weighted by atomic mass is 9.96. The number of hydrogen-bond donors (Lipinski definition) is 16. The molecule has 0 aromatic carbocycles. The number of hydrogen-bond acceptors (Lipinski definition) is 37. The molecular weight excluding hydrogens is 1360 g/mol. The molecule has 0 bridgehead atoms. The van der Waals surface area contributed by atoms with Crippen LogP contribution in [0.1, 0.15) is 49.7 Å². The van der Waals surface area contributed by atoms with E-state index in [0.29, 0.717) is 29.3 Å². The van der Waals surface area contributed by atoms with Crippen molar-refractivity contribution in [3.05, 3.63) is 35.7 Å². The second-order valence-corrected chi connectivity index (χ2v) is 23.6. The van der Waals surface area contributed by atoms with E-state index in [1.165, 1.54) is 49.0 Å². The van der Waals surface area contributed by atoms with Gasteiger partial charge in [-0.05, 0) is 38.8 Å². The Hall–Kier alpha value is -7.44. The molecule has 3 aromatic rings. The number of rotatable bonds is 36. The highest BCUT2D eigenvalue weighted by atomic mass is 32.2. The predicted molar refractivity (Wildman–Crippen MR) is 316 cm³/mol. The Labute approximate surface area is 562 Å². The summed E-state index contributed by atoms with van der Waals surface area (Å²) in [7, 11) is 3.11. The van der Waals surface area contributed by atoms with Crippen molar-refractivity contribution in [3.8, 4) is 0 Å². The summed E-state index contributed by atoms with van der Waals surface area (Å²) in [5.41, 5.74) is 0.967. The number of likely N-dealkylation sites (N-methyl/N-ethyl adjacent to an activating group) is 2. The van der Waals surface area contributed by atoms with E-state index >= 15 is 0 Å². The Morgan fingerprint density at radius 2 is 0.857 bits per heavy atom. The number of aliphatic hydroxyl groups excluding tert-OH is 9. The van der Waals surface area contributed by atoms with Crippen LogP contribution in [0.25, 0.3) is 0 Å². The fraction of sp³-hybridized carbons (Fsp3) is 0.698. The number of aliphatic hydroxyl groups is 9. The first-order valence-corrected chi connectivity index (χ1v) is 31.9. The molecule has 45 heteroatoms. The summed E-state index contributed by atoms with van der Waals surface area (Å²) in [4.78, 5) is 130. The van der Waals surface area contributed by atoms with Crippen LogP contribution in [0.2, 0.25) is 0 Å². The first kappa shape index (κ1) is 84.8. The molecule has 6 rings (SSSR count). The van der Waals surface area contributed by atoms with Crippen molar-refractivity contribution >= 4 is 83.0 Å². The van der Waals surface area contributed by atoms with Gasteiger partial charge in [0.15, 0.2) is 54.5 Å². The molecule has 3 aromatic heterocycles. The van der Waals surface area contributed by atoms with Crippen molar-refractivity contribution in [2.24, 2.45) is 11.8 Å². The predicted octanol–water partition coefficient (Wildman–Crippen LogP) is -9.10. The Bertz CT molecular complexity index is 3100. The lowest BCUT2D eigenvalue weighted by molar-refractivity contribution is -0.302. The molecule has 9 unspecified atom stereocenters. The van der Waals surface area contributed by atoms with Crippen LogP contribution in [-0.2, 0) is 125 Å². The number of amides is 1. The van der Waals surface area contributed by atoms with Crippen molar-refractivity contribution in [1.82, 2.24) is 60.9 Å². The Balaban J connectivity index is 0.000000539. The van der Waals surface area contributed by atoms with Gasteiger partial charge in [-0.15, -0.1) is 15.3 Å². The summed E-state index contributed by atoms with van der Waals surface area (Å²) in [6, 6.07) is -2.56. The van der Waals surface area contributed by atoms with E-state index in [0.717, 1.165) is 9.36 Å². The third-order valence-corrected chi connectivity index (χ3v) is 16.1. The number of aromatic nitrogens is 9. The largest absolute Gasteiger partial charge is 0.481 e. The molecule has 16 N–H and O–H groups in total. The molecule has 1 amide bonds. The van der Waals surface area contributed by atoms with Crippen LogP contribution in [0.15, 0.2) is 18.6 Å². The number of nitrogens with zero attached hydrogens (tertiary/aromatic N) is 9. The van der Waals surface area contributed by atoms with Gasteiger partial charge in [0, 0.05) is 50.2 Å².